The fourth-order valence-electron chi connectivity index (χ4n) is 3.79. The van der Waals surface area contributed by atoms with Crippen molar-refractivity contribution in [1.82, 2.24) is 10.6 Å². The standard InChI is InChI=1S/C26H52N2O2/c1-3-5-7-9-11-13-15-17-19-21-23-27-25(29)26(30)28-24-22-20-18-16-14-12-10-8-6-4-2/h3-24H2,1-2H3,(H,27,29)(H,28,30). The van der Waals surface area contributed by atoms with E-state index in [2.05, 4.69) is 24.5 Å². The van der Waals surface area contributed by atoms with Gasteiger partial charge in [-0.1, -0.05) is 129 Å². The van der Waals surface area contributed by atoms with Crippen LogP contribution in [0.15, 0.2) is 0 Å². The SMILES string of the molecule is CCCCCCCCCCCCNC(=O)C(=O)NCCCCCCCCCCCC. The van der Waals surface area contributed by atoms with Crippen molar-refractivity contribution in [3.8, 4) is 0 Å². The van der Waals surface area contributed by atoms with Crippen molar-refractivity contribution in [3.05, 3.63) is 0 Å². The van der Waals surface area contributed by atoms with Crippen LogP contribution in [0.2, 0.25) is 0 Å². The number of hydrogen-bond acceptors (Lipinski definition) is 2. The molecule has 0 atom stereocenters. The molecule has 0 spiro atoms. The largest absolute Gasteiger partial charge is 0.348 e. The average Bonchev–Trinajstić information content (AvgIpc) is 2.75. The van der Waals surface area contributed by atoms with Crippen molar-refractivity contribution in [2.24, 2.45) is 0 Å². The van der Waals surface area contributed by atoms with Crippen LogP contribution in [0.1, 0.15) is 142 Å². The number of carbonyl (C=O) groups is 2. The molecule has 0 saturated heterocycles. The molecule has 178 valence electrons. The monoisotopic (exact) mass is 424 g/mol. The Morgan fingerprint density at radius 3 is 0.900 bits per heavy atom. The smallest absolute Gasteiger partial charge is 0.309 e. The Hall–Kier alpha value is -1.06. The van der Waals surface area contributed by atoms with Gasteiger partial charge in [0.15, 0.2) is 0 Å². The lowest BCUT2D eigenvalue weighted by Gasteiger charge is -2.07. The molecule has 30 heavy (non-hydrogen) atoms. The van der Waals surface area contributed by atoms with Gasteiger partial charge in [0.05, 0.1) is 0 Å². The minimum absolute atomic E-state index is 0.474. The number of nitrogens with one attached hydrogen (secondary N) is 2. The van der Waals surface area contributed by atoms with E-state index in [4.69, 9.17) is 0 Å². The molecule has 0 saturated carbocycles. The number of hydrogen-bond donors (Lipinski definition) is 2. The molecule has 0 aliphatic heterocycles. The quantitative estimate of drug-likeness (QED) is 0.144. The maximum Gasteiger partial charge on any atom is 0.309 e. The summed E-state index contributed by atoms with van der Waals surface area (Å²) in [7, 11) is 0. The summed E-state index contributed by atoms with van der Waals surface area (Å²) in [6.45, 7) is 5.73. The summed E-state index contributed by atoms with van der Waals surface area (Å²) in [5.41, 5.74) is 0. The van der Waals surface area contributed by atoms with Gasteiger partial charge in [-0.15, -0.1) is 0 Å². The zero-order valence-electron chi connectivity index (χ0n) is 20.4. The summed E-state index contributed by atoms with van der Waals surface area (Å²) in [6.07, 6.45) is 25.5. The lowest BCUT2D eigenvalue weighted by molar-refractivity contribution is -0.139. The van der Waals surface area contributed by atoms with E-state index >= 15 is 0 Å². The first-order valence-corrected chi connectivity index (χ1v) is 13.3. The van der Waals surface area contributed by atoms with E-state index in [0.29, 0.717) is 13.1 Å². The molecule has 4 nitrogen and oxygen atoms in total. The van der Waals surface area contributed by atoms with E-state index in [1.807, 2.05) is 0 Å². The van der Waals surface area contributed by atoms with Crippen LogP contribution in [0.3, 0.4) is 0 Å². The van der Waals surface area contributed by atoms with Crippen molar-refractivity contribution in [2.45, 2.75) is 142 Å². The van der Waals surface area contributed by atoms with Gasteiger partial charge in [-0.3, -0.25) is 9.59 Å². The second kappa shape index (κ2) is 24.2. The topological polar surface area (TPSA) is 58.2 Å². The van der Waals surface area contributed by atoms with Gasteiger partial charge in [-0.2, -0.15) is 0 Å². The molecule has 0 unspecified atom stereocenters. The Morgan fingerprint density at radius 2 is 0.633 bits per heavy atom. The van der Waals surface area contributed by atoms with E-state index in [1.165, 1.54) is 103 Å². The molecular formula is C26H52N2O2. The van der Waals surface area contributed by atoms with E-state index in [0.717, 1.165) is 25.7 Å². The van der Waals surface area contributed by atoms with Crippen LogP contribution < -0.4 is 10.6 Å². The Bertz CT molecular complexity index is 349. The van der Waals surface area contributed by atoms with Crippen LogP contribution in [0, 0.1) is 0 Å². The minimum atomic E-state index is -0.474. The Balaban J connectivity index is 3.32. The zero-order chi connectivity index (χ0) is 22.1. The maximum atomic E-state index is 11.8. The Labute approximate surface area is 187 Å². The van der Waals surface area contributed by atoms with Crippen molar-refractivity contribution in [3.63, 3.8) is 0 Å². The zero-order valence-corrected chi connectivity index (χ0v) is 20.4. The summed E-state index contributed by atoms with van der Waals surface area (Å²) in [6, 6.07) is 0. The predicted molar refractivity (Wildman–Crippen MR) is 130 cm³/mol. The van der Waals surface area contributed by atoms with Gasteiger partial charge in [-0.25, -0.2) is 0 Å². The first-order chi connectivity index (χ1) is 14.7. The van der Waals surface area contributed by atoms with Crippen molar-refractivity contribution in [2.75, 3.05) is 13.1 Å². The van der Waals surface area contributed by atoms with Gasteiger partial charge in [-0.05, 0) is 12.8 Å². The summed E-state index contributed by atoms with van der Waals surface area (Å²) < 4.78 is 0. The summed E-state index contributed by atoms with van der Waals surface area (Å²) in [5, 5.41) is 5.49. The predicted octanol–water partition coefficient (Wildman–Crippen LogP) is 7.06. The van der Waals surface area contributed by atoms with Crippen LogP contribution in [0.4, 0.5) is 0 Å². The molecule has 0 rings (SSSR count). The van der Waals surface area contributed by atoms with E-state index in [9.17, 15) is 9.59 Å². The van der Waals surface area contributed by atoms with Crippen molar-refractivity contribution < 1.29 is 9.59 Å². The van der Waals surface area contributed by atoms with Crippen LogP contribution in [-0.2, 0) is 9.59 Å². The van der Waals surface area contributed by atoms with Gasteiger partial charge in [0.2, 0.25) is 0 Å². The van der Waals surface area contributed by atoms with E-state index < -0.39 is 11.8 Å². The molecule has 0 aromatic carbocycles. The Morgan fingerprint density at radius 1 is 0.400 bits per heavy atom. The number of amides is 2. The molecule has 0 heterocycles. The average molecular weight is 425 g/mol. The highest BCUT2D eigenvalue weighted by atomic mass is 16.2. The molecule has 0 aromatic heterocycles. The third kappa shape index (κ3) is 21.6. The molecule has 0 aliphatic carbocycles. The lowest BCUT2D eigenvalue weighted by atomic mass is 10.1. The molecule has 0 radical (unpaired) electrons. The second-order valence-corrected chi connectivity index (χ2v) is 8.88. The van der Waals surface area contributed by atoms with Crippen molar-refractivity contribution >= 4 is 11.8 Å². The number of carbonyl (C=O) groups excluding carboxylic acids is 2. The molecule has 4 heteroatoms. The highest BCUT2D eigenvalue weighted by Gasteiger charge is 2.11. The number of unbranched alkanes of at least 4 members (excludes halogenated alkanes) is 18. The van der Waals surface area contributed by atoms with E-state index in [1.54, 1.807) is 0 Å². The molecule has 0 aromatic rings. The third-order valence-corrected chi connectivity index (χ3v) is 5.84. The summed E-state index contributed by atoms with van der Waals surface area (Å²) in [5.74, 6) is -0.948. The van der Waals surface area contributed by atoms with Crippen LogP contribution in [0.25, 0.3) is 0 Å². The first-order valence-electron chi connectivity index (χ1n) is 13.3. The molecule has 0 fully saturated rings. The fourth-order valence-corrected chi connectivity index (χ4v) is 3.79. The summed E-state index contributed by atoms with van der Waals surface area (Å²) >= 11 is 0. The Kier molecular flexibility index (Phi) is 23.4. The normalized spacial score (nSPS) is 10.9. The van der Waals surface area contributed by atoms with Crippen LogP contribution in [0.5, 0.6) is 0 Å². The third-order valence-electron chi connectivity index (χ3n) is 5.84. The van der Waals surface area contributed by atoms with Gasteiger partial charge in [0.25, 0.3) is 0 Å². The highest BCUT2D eigenvalue weighted by molar-refractivity contribution is 6.35. The molecule has 0 aliphatic rings. The molecular weight excluding hydrogens is 372 g/mol. The molecule has 2 N–H and O–H groups in total. The number of rotatable bonds is 22. The fraction of sp³-hybridized carbons (Fsp3) is 0.923. The summed E-state index contributed by atoms with van der Waals surface area (Å²) in [4.78, 5) is 23.6. The molecule has 0 bridgehead atoms. The van der Waals surface area contributed by atoms with Gasteiger partial charge in [0, 0.05) is 13.1 Å². The highest BCUT2D eigenvalue weighted by Crippen LogP contribution is 2.11. The lowest BCUT2D eigenvalue weighted by Crippen LogP contribution is -2.40. The second-order valence-electron chi connectivity index (χ2n) is 8.88. The van der Waals surface area contributed by atoms with Gasteiger partial charge < -0.3 is 10.6 Å². The maximum absolute atomic E-state index is 11.8. The van der Waals surface area contributed by atoms with Gasteiger partial charge in [0.1, 0.15) is 0 Å². The molecule has 2 amide bonds. The first kappa shape index (κ1) is 28.9. The van der Waals surface area contributed by atoms with Crippen LogP contribution >= 0.6 is 0 Å². The van der Waals surface area contributed by atoms with Gasteiger partial charge >= 0.3 is 11.8 Å². The van der Waals surface area contributed by atoms with E-state index in [-0.39, 0.29) is 0 Å². The van der Waals surface area contributed by atoms with Crippen LogP contribution in [-0.4, -0.2) is 24.9 Å². The minimum Gasteiger partial charge on any atom is -0.348 e. The van der Waals surface area contributed by atoms with Crippen molar-refractivity contribution in [1.29, 1.82) is 0 Å².